The molecule has 2 aliphatic rings. The third-order valence-electron chi connectivity index (χ3n) is 7.81. The number of H-pyrrole nitrogens is 1. The third-order valence-corrected chi connectivity index (χ3v) is 8.12. The van der Waals surface area contributed by atoms with Crippen LogP contribution in [0.2, 0.25) is 5.02 Å². The Morgan fingerprint density at radius 2 is 1.79 bits per heavy atom. The van der Waals surface area contributed by atoms with Crippen LogP contribution in [0, 0.1) is 0 Å². The highest BCUT2D eigenvalue weighted by Gasteiger charge is 2.57. The molecule has 5 heteroatoms. The number of aromatic amines is 1. The minimum absolute atomic E-state index is 0.237. The molecule has 168 valence electrons. The SMILES string of the molecule is Oc1cccc(C23CCN(Cc4ccccc4)CC2(O)Cc2c([nH]c4c(Cl)cccc24)C3)c1. The van der Waals surface area contributed by atoms with Crippen LogP contribution in [0.4, 0.5) is 0 Å². The molecule has 1 aromatic heterocycles. The molecule has 1 aliphatic heterocycles. The Balaban J connectivity index is 1.47. The zero-order valence-corrected chi connectivity index (χ0v) is 19.1. The van der Waals surface area contributed by atoms with E-state index in [-0.39, 0.29) is 5.75 Å². The Hall–Kier alpha value is -2.79. The quantitative estimate of drug-likeness (QED) is 0.395. The smallest absolute Gasteiger partial charge is 0.115 e. The average Bonchev–Trinajstić information content (AvgIpc) is 3.16. The topological polar surface area (TPSA) is 59.5 Å². The number of nitrogens with zero attached hydrogens (tertiary/aromatic N) is 1. The molecule has 0 bridgehead atoms. The van der Waals surface area contributed by atoms with Gasteiger partial charge in [-0.15, -0.1) is 0 Å². The highest BCUT2D eigenvalue weighted by atomic mass is 35.5. The summed E-state index contributed by atoms with van der Waals surface area (Å²) in [4.78, 5) is 5.94. The van der Waals surface area contributed by atoms with E-state index in [9.17, 15) is 10.2 Å². The van der Waals surface area contributed by atoms with E-state index in [1.165, 1.54) is 5.56 Å². The molecule has 0 amide bonds. The minimum atomic E-state index is -0.974. The minimum Gasteiger partial charge on any atom is -0.508 e. The molecule has 3 N–H and O–H groups in total. The van der Waals surface area contributed by atoms with Gasteiger partial charge in [-0.1, -0.05) is 66.2 Å². The van der Waals surface area contributed by atoms with Crippen molar-refractivity contribution in [1.82, 2.24) is 9.88 Å². The number of nitrogens with one attached hydrogen (secondary N) is 1. The predicted molar refractivity (Wildman–Crippen MR) is 132 cm³/mol. The summed E-state index contributed by atoms with van der Waals surface area (Å²) in [6.07, 6.45) is 2.04. The molecule has 6 rings (SSSR count). The number of piperidine rings is 1. The molecule has 0 saturated carbocycles. The number of benzene rings is 3. The molecular formula is C28H27ClN2O2. The van der Waals surface area contributed by atoms with E-state index in [4.69, 9.17) is 11.6 Å². The lowest BCUT2D eigenvalue weighted by atomic mass is 9.56. The van der Waals surface area contributed by atoms with E-state index in [0.29, 0.717) is 24.4 Å². The first-order valence-electron chi connectivity index (χ1n) is 11.5. The van der Waals surface area contributed by atoms with Crippen LogP contribution in [0.1, 0.15) is 28.8 Å². The summed E-state index contributed by atoms with van der Waals surface area (Å²) in [7, 11) is 0. The van der Waals surface area contributed by atoms with Crippen molar-refractivity contribution in [3.63, 3.8) is 0 Å². The average molecular weight is 459 g/mol. The predicted octanol–water partition coefficient (Wildman–Crippen LogP) is 5.20. The molecule has 4 nitrogen and oxygen atoms in total. The Kier molecular flexibility index (Phi) is 4.80. The van der Waals surface area contributed by atoms with Crippen molar-refractivity contribution in [3.8, 4) is 5.75 Å². The highest BCUT2D eigenvalue weighted by molar-refractivity contribution is 6.35. The van der Waals surface area contributed by atoms with Crippen molar-refractivity contribution in [2.75, 3.05) is 13.1 Å². The number of rotatable bonds is 3. The van der Waals surface area contributed by atoms with Crippen LogP contribution >= 0.6 is 11.6 Å². The second kappa shape index (κ2) is 7.63. The zero-order chi connectivity index (χ0) is 22.6. The molecular weight excluding hydrogens is 432 g/mol. The Bertz CT molecular complexity index is 1330. The van der Waals surface area contributed by atoms with Gasteiger partial charge in [-0.2, -0.15) is 0 Å². The molecule has 1 saturated heterocycles. The van der Waals surface area contributed by atoms with E-state index < -0.39 is 11.0 Å². The van der Waals surface area contributed by atoms with Crippen LogP contribution in [0.25, 0.3) is 10.9 Å². The van der Waals surface area contributed by atoms with Crippen molar-refractivity contribution in [3.05, 3.63) is 100 Å². The number of halogens is 1. The van der Waals surface area contributed by atoms with Gasteiger partial charge in [0.05, 0.1) is 16.1 Å². The van der Waals surface area contributed by atoms with E-state index in [2.05, 4.69) is 46.3 Å². The standard InChI is InChI=1S/C28H27ClN2O2/c29-24-11-5-10-22-23-15-28(33)18-31(17-19-6-2-1-3-7-19)13-12-27(28,16-25(23)30-26(22)24)20-8-4-9-21(32)14-20/h1-11,14,30,32-33H,12-13,15-18H2. The van der Waals surface area contributed by atoms with E-state index in [1.54, 1.807) is 6.07 Å². The van der Waals surface area contributed by atoms with Crippen molar-refractivity contribution in [2.45, 2.75) is 36.8 Å². The van der Waals surface area contributed by atoms with Gasteiger partial charge in [0.2, 0.25) is 0 Å². The first-order chi connectivity index (χ1) is 16.0. The number of β-amino-alcohol motifs (C(OH)–C–C–N with tert-alkyl or cyclic N) is 1. The Morgan fingerprint density at radius 1 is 0.970 bits per heavy atom. The van der Waals surface area contributed by atoms with Crippen LogP contribution in [0.5, 0.6) is 5.75 Å². The maximum Gasteiger partial charge on any atom is 0.115 e. The van der Waals surface area contributed by atoms with Crippen LogP contribution < -0.4 is 0 Å². The summed E-state index contributed by atoms with van der Waals surface area (Å²) in [6.45, 7) is 2.26. The van der Waals surface area contributed by atoms with Gasteiger partial charge in [-0.25, -0.2) is 0 Å². The summed E-state index contributed by atoms with van der Waals surface area (Å²) >= 11 is 6.52. The van der Waals surface area contributed by atoms with Crippen LogP contribution in [0.15, 0.2) is 72.8 Å². The summed E-state index contributed by atoms with van der Waals surface area (Å²) in [5, 5.41) is 24.5. The first kappa shape index (κ1) is 20.8. The molecule has 2 heterocycles. The van der Waals surface area contributed by atoms with Gasteiger partial charge in [0, 0.05) is 42.4 Å². The molecule has 1 aliphatic carbocycles. The summed E-state index contributed by atoms with van der Waals surface area (Å²) in [5.74, 6) is 0.237. The number of para-hydroxylation sites is 1. The zero-order valence-electron chi connectivity index (χ0n) is 18.4. The number of aromatic hydroxyl groups is 1. The Labute approximate surface area is 198 Å². The van der Waals surface area contributed by atoms with Gasteiger partial charge in [-0.05, 0) is 47.9 Å². The number of likely N-dealkylation sites (tertiary alicyclic amines) is 1. The maximum absolute atomic E-state index is 12.5. The monoisotopic (exact) mass is 458 g/mol. The van der Waals surface area contributed by atoms with Crippen molar-refractivity contribution < 1.29 is 10.2 Å². The normalized spacial score (nSPS) is 25.0. The number of phenolic OH excluding ortho intramolecular Hbond substituents is 1. The van der Waals surface area contributed by atoms with E-state index in [1.807, 2.05) is 30.3 Å². The summed E-state index contributed by atoms with van der Waals surface area (Å²) in [5.41, 5.74) is 4.03. The summed E-state index contributed by atoms with van der Waals surface area (Å²) in [6, 6.07) is 23.9. The van der Waals surface area contributed by atoms with Gasteiger partial charge < -0.3 is 15.2 Å². The van der Waals surface area contributed by atoms with E-state index in [0.717, 1.165) is 47.2 Å². The highest BCUT2D eigenvalue weighted by Crippen LogP contribution is 2.52. The maximum atomic E-state index is 12.5. The van der Waals surface area contributed by atoms with Gasteiger partial charge >= 0.3 is 0 Å². The fourth-order valence-corrected chi connectivity index (χ4v) is 6.42. The molecule has 4 aromatic rings. The number of phenols is 1. The van der Waals surface area contributed by atoms with E-state index >= 15 is 0 Å². The van der Waals surface area contributed by atoms with Crippen LogP contribution in [-0.2, 0) is 24.8 Å². The number of fused-ring (bicyclic) bond motifs is 4. The van der Waals surface area contributed by atoms with Gasteiger partial charge in [0.25, 0.3) is 0 Å². The molecule has 2 atom stereocenters. The molecule has 0 radical (unpaired) electrons. The van der Waals surface area contributed by atoms with Crippen LogP contribution in [-0.4, -0.2) is 38.8 Å². The molecule has 0 spiro atoms. The number of aliphatic hydroxyl groups is 1. The number of hydrogen-bond donors (Lipinski definition) is 3. The molecule has 2 unspecified atom stereocenters. The van der Waals surface area contributed by atoms with Crippen molar-refractivity contribution in [2.24, 2.45) is 0 Å². The second-order valence-corrected chi connectivity index (χ2v) is 10.1. The fraction of sp³-hybridized carbons (Fsp3) is 0.286. The fourth-order valence-electron chi connectivity index (χ4n) is 6.19. The lowest BCUT2D eigenvalue weighted by Crippen LogP contribution is -2.66. The summed E-state index contributed by atoms with van der Waals surface area (Å²) < 4.78 is 0. The molecule has 3 aromatic carbocycles. The Morgan fingerprint density at radius 3 is 2.61 bits per heavy atom. The lowest BCUT2D eigenvalue weighted by molar-refractivity contribution is -0.105. The van der Waals surface area contributed by atoms with Gasteiger partial charge in [0.1, 0.15) is 5.75 Å². The first-order valence-corrected chi connectivity index (χ1v) is 11.9. The molecule has 33 heavy (non-hydrogen) atoms. The van der Waals surface area contributed by atoms with Crippen molar-refractivity contribution >= 4 is 22.5 Å². The second-order valence-electron chi connectivity index (χ2n) is 9.71. The number of hydrogen-bond acceptors (Lipinski definition) is 3. The third kappa shape index (κ3) is 3.28. The van der Waals surface area contributed by atoms with Crippen molar-refractivity contribution in [1.29, 1.82) is 0 Å². The number of aromatic nitrogens is 1. The van der Waals surface area contributed by atoms with Gasteiger partial charge in [-0.3, -0.25) is 4.90 Å². The lowest BCUT2D eigenvalue weighted by Gasteiger charge is -2.56. The van der Waals surface area contributed by atoms with Gasteiger partial charge in [0.15, 0.2) is 0 Å². The largest absolute Gasteiger partial charge is 0.508 e. The van der Waals surface area contributed by atoms with Crippen LogP contribution in [0.3, 0.4) is 0 Å². The molecule has 1 fully saturated rings.